The van der Waals surface area contributed by atoms with Crippen LogP contribution in [0.25, 0.3) is 0 Å². The molecule has 0 aliphatic carbocycles. The van der Waals surface area contributed by atoms with Crippen LogP contribution in [-0.4, -0.2) is 71.1 Å². The summed E-state index contributed by atoms with van der Waals surface area (Å²) in [6.07, 6.45) is 1.06. The van der Waals surface area contributed by atoms with Gasteiger partial charge in [-0.05, 0) is 31.0 Å². The highest BCUT2D eigenvalue weighted by molar-refractivity contribution is 7.85. The smallest absolute Gasteiger partial charge is 0.0545 e. The van der Waals surface area contributed by atoms with Gasteiger partial charge in [-0.25, -0.2) is 0 Å². The van der Waals surface area contributed by atoms with Crippen molar-refractivity contribution in [3.63, 3.8) is 0 Å². The van der Waals surface area contributed by atoms with Crippen LogP contribution in [0, 0.1) is 5.92 Å². The number of rotatable bonds is 10. The minimum Gasteiger partial charge on any atom is -0.311 e. The summed E-state index contributed by atoms with van der Waals surface area (Å²) in [6.45, 7) is 15.9. The van der Waals surface area contributed by atoms with E-state index in [1.807, 2.05) is 30.3 Å². The van der Waals surface area contributed by atoms with Gasteiger partial charge in [-0.2, -0.15) is 0 Å². The lowest BCUT2D eigenvalue weighted by atomic mass is 10.1. The van der Waals surface area contributed by atoms with Crippen LogP contribution in [0.2, 0.25) is 0 Å². The second kappa shape index (κ2) is 11.2. The molecule has 0 spiro atoms. The van der Waals surface area contributed by atoms with E-state index in [9.17, 15) is 4.21 Å². The van der Waals surface area contributed by atoms with E-state index in [0.717, 1.165) is 36.9 Å². The Morgan fingerprint density at radius 3 is 2.19 bits per heavy atom. The molecule has 1 saturated heterocycles. The molecule has 1 unspecified atom stereocenters. The van der Waals surface area contributed by atoms with Crippen molar-refractivity contribution in [2.75, 3.05) is 45.0 Å². The molecule has 0 saturated carbocycles. The van der Waals surface area contributed by atoms with Gasteiger partial charge in [-0.15, -0.1) is 0 Å². The van der Waals surface area contributed by atoms with Gasteiger partial charge >= 0.3 is 0 Å². The molecule has 0 bridgehead atoms. The standard InChI is InChI=1S/C21H37N3OS/c1-18(2)16-24-14-12-23(13-15-24)11-10-20(22-19(3)4)17-26(25)21-8-6-5-7-9-21/h5-9,18-20,22H,10-17H2,1-4H3/t20-,26?/m1/s1. The lowest BCUT2D eigenvalue weighted by molar-refractivity contribution is 0.119. The quantitative estimate of drug-likeness (QED) is 0.678. The maximum atomic E-state index is 12.7. The van der Waals surface area contributed by atoms with E-state index >= 15 is 0 Å². The Labute approximate surface area is 162 Å². The summed E-state index contributed by atoms with van der Waals surface area (Å²) in [5, 5.41) is 3.62. The van der Waals surface area contributed by atoms with Crippen molar-refractivity contribution in [2.45, 2.75) is 51.1 Å². The molecule has 1 N–H and O–H groups in total. The maximum Gasteiger partial charge on any atom is 0.0545 e. The molecule has 4 nitrogen and oxygen atoms in total. The highest BCUT2D eigenvalue weighted by atomic mass is 32.2. The molecule has 1 aromatic carbocycles. The largest absolute Gasteiger partial charge is 0.311 e. The van der Waals surface area contributed by atoms with Crippen LogP contribution in [0.4, 0.5) is 0 Å². The molecule has 2 atom stereocenters. The fraction of sp³-hybridized carbons (Fsp3) is 0.714. The number of hydrogen-bond donors (Lipinski definition) is 1. The molecule has 1 aliphatic rings. The molecule has 26 heavy (non-hydrogen) atoms. The molecule has 2 rings (SSSR count). The van der Waals surface area contributed by atoms with Crippen molar-refractivity contribution in [2.24, 2.45) is 5.92 Å². The van der Waals surface area contributed by atoms with Gasteiger partial charge in [0.25, 0.3) is 0 Å². The van der Waals surface area contributed by atoms with Gasteiger partial charge < -0.3 is 15.1 Å². The molecule has 0 amide bonds. The molecule has 1 heterocycles. The van der Waals surface area contributed by atoms with Crippen LogP contribution in [0.1, 0.15) is 34.1 Å². The fourth-order valence-electron chi connectivity index (χ4n) is 3.59. The van der Waals surface area contributed by atoms with E-state index < -0.39 is 10.8 Å². The van der Waals surface area contributed by atoms with Crippen LogP contribution < -0.4 is 5.32 Å². The highest BCUT2D eigenvalue weighted by Crippen LogP contribution is 2.11. The summed E-state index contributed by atoms with van der Waals surface area (Å²) >= 11 is 0. The van der Waals surface area contributed by atoms with E-state index in [0.29, 0.717) is 17.8 Å². The zero-order valence-electron chi connectivity index (χ0n) is 17.0. The van der Waals surface area contributed by atoms with Gasteiger partial charge in [0.15, 0.2) is 0 Å². The second-order valence-electron chi connectivity index (χ2n) is 8.17. The summed E-state index contributed by atoms with van der Waals surface area (Å²) in [5.41, 5.74) is 0. The summed E-state index contributed by atoms with van der Waals surface area (Å²) in [4.78, 5) is 6.08. The molecule has 0 aromatic heterocycles. The number of nitrogens with one attached hydrogen (secondary N) is 1. The van der Waals surface area contributed by atoms with E-state index in [1.54, 1.807) is 0 Å². The first-order chi connectivity index (χ1) is 12.4. The Kier molecular flexibility index (Phi) is 9.26. The summed E-state index contributed by atoms with van der Waals surface area (Å²) in [5.74, 6) is 1.43. The molecular formula is C21H37N3OS. The monoisotopic (exact) mass is 379 g/mol. The van der Waals surface area contributed by atoms with Crippen molar-refractivity contribution in [1.82, 2.24) is 15.1 Å². The van der Waals surface area contributed by atoms with E-state index in [2.05, 4.69) is 42.8 Å². The van der Waals surface area contributed by atoms with Crippen LogP contribution in [0.15, 0.2) is 35.2 Å². The van der Waals surface area contributed by atoms with E-state index in [4.69, 9.17) is 0 Å². The molecule has 1 aromatic rings. The normalized spacial score (nSPS) is 19.2. The average Bonchev–Trinajstić information content (AvgIpc) is 2.60. The van der Waals surface area contributed by atoms with E-state index in [-0.39, 0.29) is 0 Å². The number of piperazine rings is 1. The lowest BCUT2D eigenvalue weighted by Gasteiger charge is -2.36. The zero-order valence-corrected chi connectivity index (χ0v) is 17.8. The Hall–Kier alpha value is -0.750. The third-order valence-corrected chi connectivity index (χ3v) is 6.31. The Balaban J connectivity index is 1.80. The molecule has 1 aliphatic heterocycles. The van der Waals surface area contributed by atoms with Gasteiger partial charge in [0, 0.05) is 55.5 Å². The first-order valence-corrected chi connectivity index (χ1v) is 11.4. The van der Waals surface area contributed by atoms with Gasteiger partial charge in [-0.1, -0.05) is 45.9 Å². The summed E-state index contributed by atoms with van der Waals surface area (Å²) < 4.78 is 12.7. The SMILES string of the molecule is CC(C)CN1CCN(CC[C@H](CS(=O)c2ccccc2)NC(C)C)CC1. The van der Waals surface area contributed by atoms with Crippen molar-refractivity contribution in [3.05, 3.63) is 30.3 Å². The van der Waals surface area contributed by atoms with Crippen LogP contribution in [-0.2, 0) is 10.8 Å². The number of benzene rings is 1. The predicted molar refractivity (Wildman–Crippen MR) is 112 cm³/mol. The fourth-order valence-corrected chi connectivity index (χ4v) is 4.87. The van der Waals surface area contributed by atoms with Gasteiger partial charge in [0.2, 0.25) is 0 Å². The minimum atomic E-state index is -0.938. The van der Waals surface area contributed by atoms with Crippen molar-refractivity contribution < 1.29 is 4.21 Å². The molecule has 1 fully saturated rings. The van der Waals surface area contributed by atoms with Gasteiger partial charge in [-0.3, -0.25) is 4.21 Å². The van der Waals surface area contributed by atoms with Crippen molar-refractivity contribution >= 4 is 10.8 Å². The average molecular weight is 380 g/mol. The Bertz CT molecular complexity index is 527. The zero-order chi connectivity index (χ0) is 18.9. The van der Waals surface area contributed by atoms with Crippen molar-refractivity contribution in [3.8, 4) is 0 Å². The van der Waals surface area contributed by atoms with Gasteiger partial charge in [0.1, 0.15) is 0 Å². The van der Waals surface area contributed by atoms with Crippen LogP contribution in [0.3, 0.4) is 0 Å². The third kappa shape index (κ3) is 7.87. The molecule has 5 heteroatoms. The molecule has 0 radical (unpaired) electrons. The summed E-state index contributed by atoms with van der Waals surface area (Å²) in [6, 6.07) is 10.6. The first-order valence-electron chi connectivity index (χ1n) is 10.1. The highest BCUT2D eigenvalue weighted by Gasteiger charge is 2.20. The predicted octanol–water partition coefficient (Wildman–Crippen LogP) is 2.82. The maximum absolute atomic E-state index is 12.7. The number of hydrogen-bond acceptors (Lipinski definition) is 4. The Morgan fingerprint density at radius 1 is 1.00 bits per heavy atom. The van der Waals surface area contributed by atoms with Crippen molar-refractivity contribution in [1.29, 1.82) is 0 Å². The second-order valence-corrected chi connectivity index (χ2v) is 9.66. The van der Waals surface area contributed by atoms with Crippen LogP contribution >= 0.6 is 0 Å². The molecule has 148 valence electrons. The third-order valence-electron chi connectivity index (χ3n) is 4.81. The van der Waals surface area contributed by atoms with Gasteiger partial charge in [0.05, 0.1) is 10.8 Å². The topological polar surface area (TPSA) is 35.6 Å². The molecular weight excluding hydrogens is 342 g/mol. The Morgan fingerprint density at radius 2 is 1.62 bits per heavy atom. The van der Waals surface area contributed by atoms with E-state index in [1.165, 1.54) is 19.6 Å². The summed E-state index contributed by atoms with van der Waals surface area (Å²) in [7, 11) is -0.938. The van der Waals surface area contributed by atoms with Crippen LogP contribution in [0.5, 0.6) is 0 Å². The first kappa shape index (κ1) is 21.5. The lowest BCUT2D eigenvalue weighted by Crippen LogP contribution is -2.49. The number of nitrogens with zero attached hydrogens (tertiary/aromatic N) is 2. The minimum absolute atomic E-state index is 0.296.